The maximum atomic E-state index is 9.51. The van der Waals surface area contributed by atoms with Crippen molar-refractivity contribution in [1.29, 1.82) is 0 Å². The summed E-state index contributed by atoms with van der Waals surface area (Å²) in [7, 11) is 0. The van der Waals surface area contributed by atoms with Crippen LogP contribution in [0.1, 0.15) is 41.0 Å². The summed E-state index contributed by atoms with van der Waals surface area (Å²) in [6, 6.07) is 0. The van der Waals surface area contributed by atoms with Gasteiger partial charge in [0, 0.05) is 0 Å². The van der Waals surface area contributed by atoms with Gasteiger partial charge >= 0.3 is 0 Å². The molecule has 0 radical (unpaired) electrons. The molecule has 0 saturated heterocycles. The van der Waals surface area contributed by atoms with Crippen LogP contribution in [-0.4, -0.2) is 22.9 Å². The summed E-state index contributed by atoms with van der Waals surface area (Å²) in [5, 5.41) is 9.51. The van der Waals surface area contributed by atoms with Crippen molar-refractivity contribution >= 4 is 0 Å². The molecule has 0 heterocycles. The number of aliphatic hydroxyl groups is 1. The van der Waals surface area contributed by atoms with Crippen LogP contribution in [0.3, 0.4) is 0 Å². The third-order valence-electron chi connectivity index (χ3n) is 2.01. The molecule has 0 aromatic rings. The summed E-state index contributed by atoms with van der Waals surface area (Å²) in [6.45, 7) is 9.51. The summed E-state index contributed by atoms with van der Waals surface area (Å²) < 4.78 is 5.51. The monoisotopic (exact) mass is 160 g/mol. The average Bonchev–Trinajstić information content (AvgIpc) is 1.85. The van der Waals surface area contributed by atoms with Crippen molar-refractivity contribution in [3.8, 4) is 0 Å². The van der Waals surface area contributed by atoms with Gasteiger partial charge in [0.25, 0.3) is 0 Å². The molecule has 0 aliphatic rings. The van der Waals surface area contributed by atoms with E-state index in [2.05, 4.69) is 6.92 Å². The molecule has 0 spiro atoms. The Morgan fingerprint density at radius 1 is 1.36 bits per heavy atom. The van der Waals surface area contributed by atoms with Gasteiger partial charge in [0.05, 0.1) is 17.8 Å². The third kappa shape index (κ3) is 4.38. The Morgan fingerprint density at radius 2 is 1.82 bits per heavy atom. The molecule has 2 heteroatoms. The van der Waals surface area contributed by atoms with Crippen LogP contribution in [0.5, 0.6) is 0 Å². The smallest absolute Gasteiger partial charge is 0.0849 e. The van der Waals surface area contributed by atoms with Crippen LogP contribution >= 0.6 is 0 Å². The van der Waals surface area contributed by atoms with Crippen LogP contribution < -0.4 is 0 Å². The quantitative estimate of drug-likeness (QED) is 0.681. The van der Waals surface area contributed by atoms with Gasteiger partial charge in [-0.2, -0.15) is 0 Å². The van der Waals surface area contributed by atoms with Gasteiger partial charge in [-0.25, -0.2) is 0 Å². The Kier molecular flexibility index (Phi) is 4.04. The van der Waals surface area contributed by atoms with E-state index in [1.54, 1.807) is 13.8 Å². The van der Waals surface area contributed by atoms with Crippen molar-refractivity contribution < 1.29 is 9.84 Å². The molecule has 2 unspecified atom stereocenters. The van der Waals surface area contributed by atoms with Gasteiger partial charge in [0.2, 0.25) is 0 Å². The molecule has 2 nitrogen and oxygen atoms in total. The average molecular weight is 160 g/mol. The van der Waals surface area contributed by atoms with Gasteiger partial charge in [-0.1, -0.05) is 6.92 Å². The molecule has 0 aliphatic heterocycles. The van der Waals surface area contributed by atoms with Crippen LogP contribution in [0, 0.1) is 0 Å². The SMILES string of the molecule is CCC(C)OC(C)C(C)(C)O. The van der Waals surface area contributed by atoms with Crippen LogP contribution in [-0.2, 0) is 4.74 Å². The lowest BCUT2D eigenvalue weighted by Gasteiger charge is -2.28. The highest BCUT2D eigenvalue weighted by atomic mass is 16.5. The molecule has 0 saturated carbocycles. The van der Waals surface area contributed by atoms with Crippen molar-refractivity contribution in [1.82, 2.24) is 0 Å². The topological polar surface area (TPSA) is 29.5 Å². The van der Waals surface area contributed by atoms with Gasteiger partial charge in [-0.15, -0.1) is 0 Å². The summed E-state index contributed by atoms with van der Waals surface area (Å²) in [5.74, 6) is 0. The zero-order valence-electron chi connectivity index (χ0n) is 8.22. The number of ether oxygens (including phenoxy) is 1. The first-order chi connectivity index (χ1) is 4.88. The van der Waals surface area contributed by atoms with Gasteiger partial charge in [0.15, 0.2) is 0 Å². The second kappa shape index (κ2) is 4.07. The molecule has 0 aliphatic carbocycles. The van der Waals surface area contributed by atoms with Crippen molar-refractivity contribution in [2.45, 2.75) is 58.8 Å². The first kappa shape index (κ1) is 10.9. The fraction of sp³-hybridized carbons (Fsp3) is 1.00. The summed E-state index contributed by atoms with van der Waals surface area (Å²) >= 11 is 0. The second-order valence-electron chi connectivity index (χ2n) is 3.65. The predicted molar refractivity (Wildman–Crippen MR) is 46.6 cm³/mol. The van der Waals surface area contributed by atoms with Gasteiger partial charge in [0.1, 0.15) is 0 Å². The van der Waals surface area contributed by atoms with Crippen LogP contribution in [0.15, 0.2) is 0 Å². The minimum absolute atomic E-state index is 0.0996. The fourth-order valence-corrected chi connectivity index (χ4v) is 0.611. The van der Waals surface area contributed by atoms with Gasteiger partial charge in [-0.3, -0.25) is 0 Å². The van der Waals surface area contributed by atoms with Crippen LogP contribution in [0.4, 0.5) is 0 Å². The van der Waals surface area contributed by atoms with E-state index >= 15 is 0 Å². The van der Waals surface area contributed by atoms with E-state index in [9.17, 15) is 5.11 Å². The lowest BCUT2D eigenvalue weighted by molar-refractivity contribution is -0.104. The number of hydrogen-bond acceptors (Lipinski definition) is 2. The Balaban J connectivity index is 3.77. The zero-order chi connectivity index (χ0) is 9.07. The maximum absolute atomic E-state index is 9.51. The maximum Gasteiger partial charge on any atom is 0.0849 e. The van der Waals surface area contributed by atoms with Crippen molar-refractivity contribution in [2.24, 2.45) is 0 Å². The number of hydrogen-bond donors (Lipinski definition) is 1. The third-order valence-corrected chi connectivity index (χ3v) is 2.01. The molecule has 0 rings (SSSR count). The zero-order valence-corrected chi connectivity index (χ0v) is 8.22. The minimum atomic E-state index is -0.733. The standard InChI is InChI=1S/C9H20O2/c1-6-7(2)11-8(3)9(4,5)10/h7-8,10H,6H2,1-5H3. The van der Waals surface area contributed by atoms with E-state index in [1.807, 2.05) is 13.8 Å². The molecular formula is C9H20O2. The summed E-state index contributed by atoms with van der Waals surface area (Å²) in [6.07, 6.45) is 1.12. The van der Waals surface area contributed by atoms with Crippen molar-refractivity contribution in [2.75, 3.05) is 0 Å². The van der Waals surface area contributed by atoms with E-state index in [0.29, 0.717) is 0 Å². The first-order valence-corrected chi connectivity index (χ1v) is 4.25. The molecule has 0 fully saturated rings. The highest BCUT2D eigenvalue weighted by molar-refractivity contribution is 4.74. The fourth-order valence-electron chi connectivity index (χ4n) is 0.611. The lowest BCUT2D eigenvalue weighted by Crippen LogP contribution is -2.37. The molecule has 0 bridgehead atoms. The largest absolute Gasteiger partial charge is 0.388 e. The Morgan fingerprint density at radius 3 is 2.09 bits per heavy atom. The molecular weight excluding hydrogens is 140 g/mol. The Hall–Kier alpha value is -0.0800. The van der Waals surface area contributed by atoms with Gasteiger partial charge in [-0.05, 0) is 34.1 Å². The molecule has 1 N–H and O–H groups in total. The molecule has 0 aromatic carbocycles. The normalized spacial score (nSPS) is 18.0. The molecule has 0 aromatic heterocycles. The van der Waals surface area contributed by atoms with E-state index in [1.165, 1.54) is 0 Å². The van der Waals surface area contributed by atoms with Crippen molar-refractivity contribution in [3.05, 3.63) is 0 Å². The molecule has 11 heavy (non-hydrogen) atoms. The summed E-state index contributed by atoms with van der Waals surface area (Å²) in [5.41, 5.74) is -0.733. The van der Waals surface area contributed by atoms with E-state index in [0.717, 1.165) is 6.42 Å². The van der Waals surface area contributed by atoms with Crippen molar-refractivity contribution in [3.63, 3.8) is 0 Å². The Bertz CT molecular complexity index is 105. The van der Waals surface area contributed by atoms with E-state index in [-0.39, 0.29) is 12.2 Å². The highest BCUT2D eigenvalue weighted by Crippen LogP contribution is 2.14. The van der Waals surface area contributed by atoms with E-state index < -0.39 is 5.60 Å². The van der Waals surface area contributed by atoms with E-state index in [4.69, 9.17) is 4.74 Å². The Labute approximate surface area is 69.6 Å². The van der Waals surface area contributed by atoms with Crippen LogP contribution in [0.25, 0.3) is 0 Å². The highest BCUT2D eigenvalue weighted by Gasteiger charge is 2.24. The molecule has 68 valence electrons. The lowest BCUT2D eigenvalue weighted by atomic mass is 10.0. The van der Waals surface area contributed by atoms with Crippen LogP contribution in [0.2, 0.25) is 0 Å². The first-order valence-electron chi connectivity index (χ1n) is 4.25. The predicted octanol–water partition coefficient (Wildman–Crippen LogP) is 1.96. The van der Waals surface area contributed by atoms with Gasteiger partial charge < -0.3 is 9.84 Å². The minimum Gasteiger partial charge on any atom is -0.388 e. The molecule has 2 atom stereocenters. The summed E-state index contributed by atoms with van der Waals surface area (Å²) in [4.78, 5) is 0. The molecule has 0 amide bonds. The number of rotatable bonds is 4. The second-order valence-corrected chi connectivity index (χ2v) is 3.65.